The standard InChI is InChI=1S/C23H29FN4O2/c1-17(2)21(26-23(30)25-20-10-6-9-19(24)15-20)22(29)28-13-11-27(12-14-28)16-18-7-4-3-5-8-18/h3-10,15,17,21H,11-14,16H2,1-2H3,(H2,25,26,30)/p+1/t21-/m1/s1. The summed E-state index contributed by atoms with van der Waals surface area (Å²) in [5, 5.41) is 5.36. The summed E-state index contributed by atoms with van der Waals surface area (Å²) in [6, 6.07) is 14.9. The van der Waals surface area contributed by atoms with E-state index in [1.165, 1.54) is 28.7 Å². The first-order valence-electron chi connectivity index (χ1n) is 10.4. The van der Waals surface area contributed by atoms with Gasteiger partial charge in [0.1, 0.15) is 18.4 Å². The maximum atomic E-state index is 13.3. The summed E-state index contributed by atoms with van der Waals surface area (Å²) < 4.78 is 13.3. The van der Waals surface area contributed by atoms with Crippen molar-refractivity contribution >= 4 is 17.6 Å². The summed E-state index contributed by atoms with van der Waals surface area (Å²) in [5.74, 6) is -0.566. The predicted octanol–water partition coefficient (Wildman–Crippen LogP) is 1.90. The number of nitrogens with one attached hydrogen (secondary N) is 3. The molecule has 0 saturated carbocycles. The van der Waals surface area contributed by atoms with Gasteiger partial charge in [0.15, 0.2) is 0 Å². The number of benzene rings is 2. The van der Waals surface area contributed by atoms with Gasteiger partial charge in [0.2, 0.25) is 5.91 Å². The van der Waals surface area contributed by atoms with Crippen LogP contribution in [0, 0.1) is 11.7 Å². The molecule has 0 unspecified atom stereocenters. The van der Waals surface area contributed by atoms with E-state index in [4.69, 9.17) is 0 Å². The lowest BCUT2D eigenvalue weighted by Gasteiger charge is -2.35. The van der Waals surface area contributed by atoms with Crippen LogP contribution in [-0.4, -0.2) is 49.1 Å². The van der Waals surface area contributed by atoms with Gasteiger partial charge in [0, 0.05) is 11.3 Å². The van der Waals surface area contributed by atoms with Gasteiger partial charge < -0.3 is 20.4 Å². The number of hydrogen-bond donors (Lipinski definition) is 3. The van der Waals surface area contributed by atoms with E-state index < -0.39 is 17.9 Å². The topological polar surface area (TPSA) is 65.9 Å². The van der Waals surface area contributed by atoms with Crippen molar-refractivity contribution in [2.75, 3.05) is 31.5 Å². The fourth-order valence-corrected chi connectivity index (χ4v) is 3.69. The van der Waals surface area contributed by atoms with E-state index in [-0.39, 0.29) is 11.8 Å². The van der Waals surface area contributed by atoms with Crippen molar-refractivity contribution in [3.63, 3.8) is 0 Å². The summed E-state index contributed by atoms with van der Waals surface area (Å²) in [7, 11) is 0. The summed E-state index contributed by atoms with van der Waals surface area (Å²) in [4.78, 5) is 28.7. The minimum atomic E-state index is -0.630. The number of urea groups is 1. The molecule has 160 valence electrons. The number of hydrogen-bond acceptors (Lipinski definition) is 2. The molecule has 3 amide bonds. The lowest BCUT2D eigenvalue weighted by molar-refractivity contribution is -0.917. The third-order valence-corrected chi connectivity index (χ3v) is 5.38. The molecule has 30 heavy (non-hydrogen) atoms. The summed E-state index contributed by atoms with van der Waals surface area (Å²) in [6.45, 7) is 7.84. The van der Waals surface area contributed by atoms with E-state index in [9.17, 15) is 14.0 Å². The molecule has 0 bridgehead atoms. The predicted molar refractivity (Wildman–Crippen MR) is 115 cm³/mol. The highest BCUT2D eigenvalue weighted by Crippen LogP contribution is 2.11. The molecule has 0 spiro atoms. The quantitative estimate of drug-likeness (QED) is 0.677. The molecule has 3 rings (SSSR count). The zero-order valence-electron chi connectivity index (χ0n) is 17.5. The Bertz CT molecular complexity index is 851. The molecule has 6 nitrogen and oxygen atoms in total. The van der Waals surface area contributed by atoms with Crippen molar-refractivity contribution in [2.24, 2.45) is 5.92 Å². The first-order chi connectivity index (χ1) is 14.4. The summed E-state index contributed by atoms with van der Waals surface area (Å²) >= 11 is 0. The fraction of sp³-hybridized carbons (Fsp3) is 0.391. The summed E-state index contributed by atoms with van der Waals surface area (Å²) in [6.07, 6.45) is 0. The van der Waals surface area contributed by atoms with Gasteiger partial charge in [-0.15, -0.1) is 0 Å². The van der Waals surface area contributed by atoms with E-state index in [0.29, 0.717) is 18.8 Å². The highest BCUT2D eigenvalue weighted by atomic mass is 19.1. The van der Waals surface area contributed by atoms with E-state index in [0.717, 1.165) is 19.6 Å². The van der Waals surface area contributed by atoms with Gasteiger partial charge in [0.05, 0.1) is 26.2 Å². The first kappa shape index (κ1) is 21.8. The van der Waals surface area contributed by atoms with Crippen molar-refractivity contribution in [1.29, 1.82) is 0 Å². The Morgan fingerprint density at radius 3 is 2.40 bits per heavy atom. The largest absolute Gasteiger partial charge is 0.330 e. The van der Waals surface area contributed by atoms with Crippen LogP contribution in [0.2, 0.25) is 0 Å². The number of nitrogens with zero attached hydrogens (tertiary/aromatic N) is 1. The van der Waals surface area contributed by atoms with Crippen molar-refractivity contribution in [1.82, 2.24) is 10.2 Å². The Labute approximate surface area is 177 Å². The molecule has 7 heteroatoms. The molecular formula is C23H30FN4O2+. The van der Waals surface area contributed by atoms with Crippen LogP contribution in [0.4, 0.5) is 14.9 Å². The minimum absolute atomic E-state index is 0.0644. The zero-order valence-corrected chi connectivity index (χ0v) is 17.5. The van der Waals surface area contributed by atoms with Crippen molar-refractivity contribution < 1.29 is 18.9 Å². The second-order valence-electron chi connectivity index (χ2n) is 8.07. The maximum absolute atomic E-state index is 13.3. The van der Waals surface area contributed by atoms with Gasteiger partial charge >= 0.3 is 6.03 Å². The highest BCUT2D eigenvalue weighted by Gasteiger charge is 2.32. The Kier molecular flexibility index (Phi) is 7.41. The van der Waals surface area contributed by atoms with Crippen LogP contribution < -0.4 is 15.5 Å². The number of piperazine rings is 1. The number of carbonyl (C=O) groups excluding carboxylic acids is 2. The van der Waals surface area contributed by atoms with Crippen LogP contribution >= 0.6 is 0 Å². The number of quaternary nitrogens is 1. The van der Waals surface area contributed by atoms with E-state index in [2.05, 4.69) is 22.8 Å². The second kappa shape index (κ2) is 10.2. The molecule has 0 aliphatic carbocycles. The number of halogens is 1. The second-order valence-corrected chi connectivity index (χ2v) is 8.07. The molecule has 3 N–H and O–H groups in total. The Balaban J connectivity index is 1.53. The molecule has 1 saturated heterocycles. The average molecular weight is 414 g/mol. The number of rotatable bonds is 6. The number of amides is 3. The minimum Gasteiger partial charge on any atom is -0.330 e. The number of carbonyl (C=O) groups is 2. The third-order valence-electron chi connectivity index (χ3n) is 5.38. The smallest absolute Gasteiger partial charge is 0.319 e. The van der Waals surface area contributed by atoms with Gasteiger partial charge in [-0.2, -0.15) is 0 Å². The maximum Gasteiger partial charge on any atom is 0.319 e. The van der Waals surface area contributed by atoms with Crippen molar-refractivity contribution in [2.45, 2.75) is 26.4 Å². The lowest BCUT2D eigenvalue weighted by atomic mass is 10.0. The SMILES string of the molecule is CC(C)[C@@H](NC(=O)Nc1cccc(F)c1)C(=O)N1CC[NH+](Cc2ccccc2)CC1. The Hall–Kier alpha value is -2.93. The van der Waals surface area contributed by atoms with Gasteiger partial charge in [-0.3, -0.25) is 4.79 Å². The molecule has 2 aromatic carbocycles. The third kappa shape index (κ3) is 6.03. The fourth-order valence-electron chi connectivity index (χ4n) is 3.69. The van der Waals surface area contributed by atoms with E-state index >= 15 is 0 Å². The van der Waals surface area contributed by atoms with Crippen LogP contribution in [0.1, 0.15) is 19.4 Å². The van der Waals surface area contributed by atoms with Gasteiger partial charge in [0.25, 0.3) is 0 Å². The molecule has 0 radical (unpaired) electrons. The van der Waals surface area contributed by atoms with Crippen LogP contribution in [-0.2, 0) is 11.3 Å². The van der Waals surface area contributed by atoms with Crippen LogP contribution in [0.3, 0.4) is 0 Å². The molecule has 2 aromatic rings. The van der Waals surface area contributed by atoms with Gasteiger partial charge in [-0.05, 0) is 24.1 Å². The van der Waals surface area contributed by atoms with E-state index in [1.54, 1.807) is 6.07 Å². The first-order valence-corrected chi connectivity index (χ1v) is 10.4. The molecular weight excluding hydrogens is 383 g/mol. The molecule has 1 aliphatic heterocycles. The molecule has 1 atom stereocenters. The summed E-state index contributed by atoms with van der Waals surface area (Å²) in [5.41, 5.74) is 1.64. The monoisotopic (exact) mass is 413 g/mol. The van der Waals surface area contributed by atoms with Crippen LogP contribution in [0.15, 0.2) is 54.6 Å². The molecule has 1 fully saturated rings. The average Bonchev–Trinajstić information content (AvgIpc) is 2.73. The van der Waals surface area contributed by atoms with Crippen LogP contribution in [0.5, 0.6) is 0 Å². The Morgan fingerprint density at radius 1 is 1.07 bits per heavy atom. The van der Waals surface area contributed by atoms with Crippen LogP contribution in [0.25, 0.3) is 0 Å². The van der Waals surface area contributed by atoms with E-state index in [1.807, 2.05) is 36.9 Å². The molecule has 0 aromatic heterocycles. The lowest BCUT2D eigenvalue weighted by Crippen LogP contribution is -3.13. The van der Waals surface area contributed by atoms with Gasteiger partial charge in [-0.1, -0.05) is 50.2 Å². The van der Waals surface area contributed by atoms with Gasteiger partial charge in [-0.25, -0.2) is 9.18 Å². The van der Waals surface area contributed by atoms with Crippen molar-refractivity contribution in [3.8, 4) is 0 Å². The Morgan fingerprint density at radius 2 is 1.77 bits per heavy atom. The molecule has 1 heterocycles. The zero-order chi connectivity index (χ0) is 21.5. The molecule has 1 aliphatic rings. The number of anilines is 1. The highest BCUT2D eigenvalue weighted by molar-refractivity contribution is 5.93. The normalized spacial score (nSPS) is 15.7. The van der Waals surface area contributed by atoms with Crippen molar-refractivity contribution in [3.05, 3.63) is 66.0 Å².